The maximum absolute atomic E-state index is 3.68. The van der Waals surface area contributed by atoms with Gasteiger partial charge in [0.05, 0.1) is 0 Å². The van der Waals surface area contributed by atoms with Crippen LogP contribution in [0.1, 0.15) is 52.5 Å². The van der Waals surface area contributed by atoms with Crippen LogP contribution in [0.2, 0.25) is 0 Å². The van der Waals surface area contributed by atoms with Gasteiger partial charge in [0.15, 0.2) is 0 Å². The van der Waals surface area contributed by atoms with Crippen molar-refractivity contribution >= 4 is 11.3 Å². The van der Waals surface area contributed by atoms with Crippen molar-refractivity contribution in [3.63, 3.8) is 0 Å². The topological polar surface area (TPSA) is 15.3 Å². The summed E-state index contributed by atoms with van der Waals surface area (Å²) in [6.45, 7) is 11.3. The largest absolute Gasteiger partial charge is 0.311 e. The van der Waals surface area contributed by atoms with Gasteiger partial charge in [0, 0.05) is 30.7 Å². The summed E-state index contributed by atoms with van der Waals surface area (Å²) in [6, 6.07) is 3.75. The van der Waals surface area contributed by atoms with Gasteiger partial charge in [0.25, 0.3) is 0 Å². The second-order valence-electron chi connectivity index (χ2n) is 6.73. The molecule has 1 saturated carbocycles. The third kappa shape index (κ3) is 4.90. The average molecular weight is 280 g/mol. The van der Waals surface area contributed by atoms with Gasteiger partial charge in [0.2, 0.25) is 0 Å². The Balaban J connectivity index is 1.95. The first-order valence-electron chi connectivity index (χ1n) is 7.51. The van der Waals surface area contributed by atoms with E-state index in [4.69, 9.17) is 0 Å². The molecule has 1 aliphatic rings. The Bertz CT molecular complexity index is 363. The minimum absolute atomic E-state index is 0.213. The summed E-state index contributed by atoms with van der Waals surface area (Å²) in [5.41, 5.74) is 1.69. The summed E-state index contributed by atoms with van der Waals surface area (Å²) in [4.78, 5) is 2.72. The quantitative estimate of drug-likeness (QED) is 0.815. The van der Waals surface area contributed by atoms with Crippen LogP contribution >= 0.6 is 11.3 Å². The van der Waals surface area contributed by atoms with E-state index in [9.17, 15) is 0 Å². The van der Waals surface area contributed by atoms with Gasteiger partial charge in [-0.15, -0.1) is 0 Å². The van der Waals surface area contributed by atoms with E-state index in [-0.39, 0.29) is 5.54 Å². The first-order valence-corrected chi connectivity index (χ1v) is 8.45. The summed E-state index contributed by atoms with van der Waals surface area (Å²) in [7, 11) is 0. The Morgan fingerprint density at radius 3 is 2.63 bits per heavy atom. The van der Waals surface area contributed by atoms with E-state index in [0.717, 1.165) is 19.1 Å². The van der Waals surface area contributed by atoms with Crippen molar-refractivity contribution in [3.8, 4) is 0 Å². The molecule has 1 aromatic heterocycles. The van der Waals surface area contributed by atoms with E-state index in [1.54, 1.807) is 0 Å². The molecule has 0 saturated heterocycles. The molecular formula is C16H28N2S. The Morgan fingerprint density at radius 1 is 1.42 bits per heavy atom. The molecule has 1 atom stereocenters. The molecule has 0 bridgehead atoms. The molecule has 1 aromatic rings. The van der Waals surface area contributed by atoms with Crippen LogP contribution in [-0.2, 0) is 6.54 Å². The van der Waals surface area contributed by atoms with Gasteiger partial charge in [-0.05, 0) is 62.4 Å². The molecule has 0 aliphatic heterocycles. The summed E-state index contributed by atoms with van der Waals surface area (Å²) in [5, 5.41) is 8.16. The lowest BCUT2D eigenvalue weighted by Crippen LogP contribution is -2.47. The van der Waals surface area contributed by atoms with Gasteiger partial charge >= 0.3 is 0 Å². The van der Waals surface area contributed by atoms with Gasteiger partial charge in [-0.25, -0.2) is 0 Å². The molecule has 2 rings (SSSR count). The predicted molar refractivity (Wildman–Crippen MR) is 84.7 cm³/mol. The third-order valence-corrected chi connectivity index (χ3v) is 4.50. The molecule has 1 N–H and O–H groups in total. The van der Waals surface area contributed by atoms with Crippen molar-refractivity contribution in [1.29, 1.82) is 0 Å². The highest BCUT2D eigenvalue weighted by Crippen LogP contribution is 2.31. The molecule has 1 heterocycles. The molecule has 2 nitrogen and oxygen atoms in total. The van der Waals surface area contributed by atoms with Gasteiger partial charge in [-0.2, -0.15) is 11.3 Å². The zero-order chi connectivity index (χ0) is 13.9. The molecule has 0 amide bonds. The van der Waals surface area contributed by atoms with Gasteiger partial charge in [-0.3, -0.25) is 4.90 Å². The minimum Gasteiger partial charge on any atom is -0.311 e. The van der Waals surface area contributed by atoms with Crippen molar-refractivity contribution in [2.75, 3.05) is 6.54 Å². The van der Waals surface area contributed by atoms with E-state index in [0.29, 0.717) is 6.04 Å². The summed E-state index contributed by atoms with van der Waals surface area (Å²) in [5.74, 6) is 0. The van der Waals surface area contributed by atoms with Gasteiger partial charge < -0.3 is 5.32 Å². The van der Waals surface area contributed by atoms with Crippen LogP contribution in [0.4, 0.5) is 0 Å². The molecule has 0 radical (unpaired) electrons. The Hall–Kier alpha value is -0.380. The second kappa shape index (κ2) is 6.38. The van der Waals surface area contributed by atoms with E-state index in [2.05, 4.69) is 54.7 Å². The van der Waals surface area contributed by atoms with Crippen LogP contribution in [0.15, 0.2) is 16.8 Å². The van der Waals surface area contributed by atoms with Crippen molar-refractivity contribution < 1.29 is 0 Å². The van der Waals surface area contributed by atoms with E-state index < -0.39 is 0 Å². The molecule has 1 fully saturated rings. The van der Waals surface area contributed by atoms with Crippen molar-refractivity contribution in [2.24, 2.45) is 0 Å². The van der Waals surface area contributed by atoms with E-state index in [1.807, 2.05) is 11.3 Å². The number of nitrogens with one attached hydrogen (secondary N) is 1. The molecule has 0 aromatic carbocycles. The SMILES string of the molecule is CCC(CNC(C)(C)C)N(Cc1ccsc1)C1CC1. The molecular weight excluding hydrogens is 252 g/mol. The van der Waals surface area contributed by atoms with Crippen LogP contribution in [0, 0.1) is 0 Å². The van der Waals surface area contributed by atoms with Crippen molar-refractivity contribution in [3.05, 3.63) is 22.4 Å². The van der Waals surface area contributed by atoms with Gasteiger partial charge in [-0.1, -0.05) is 6.92 Å². The standard InChI is InChI=1S/C16H28N2S/c1-5-14(10-17-16(2,3)4)18(15-6-7-15)11-13-8-9-19-12-13/h8-9,12,14-15,17H,5-7,10-11H2,1-4H3. The molecule has 19 heavy (non-hydrogen) atoms. The summed E-state index contributed by atoms with van der Waals surface area (Å²) < 4.78 is 0. The Morgan fingerprint density at radius 2 is 2.16 bits per heavy atom. The third-order valence-electron chi connectivity index (χ3n) is 3.77. The minimum atomic E-state index is 0.213. The van der Waals surface area contributed by atoms with Crippen LogP contribution in [-0.4, -0.2) is 29.1 Å². The lowest BCUT2D eigenvalue weighted by molar-refractivity contribution is 0.160. The number of nitrogens with zero attached hydrogens (tertiary/aromatic N) is 1. The van der Waals surface area contributed by atoms with E-state index >= 15 is 0 Å². The fraction of sp³-hybridized carbons (Fsp3) is 0.750. The lowest BCUT2D eigenvalue weighted by atomic mass is 10.1. The number of rotatable bonds is 7. The molecule has 1 aliphatic carbocycles. The fourth-order valence-electron chi connectivity index (χ4n) is 2.48. The predicted octanol–water partition coefficient (Wildman–Crippen LogP) is 3.88. The normalized spacial score (nSPS) is 17.9. The Kier molecular flexibility index (Phi) is 5.04. The number of thiophene rings is 1. The maximum atomic E-state index is 3.68. The summed E-state index contributed by atoms with van der Waals surface area (Å²) in [6.07, 6.45) is 4.00. The molecule has 1 unspecified atom stereocenters. The van der Waals surface area contributed by atoms with Crippen LogP contribution in [0.25, 0.3) is 0 Å². The van der Waals surface area contributed by atoms with E-state index in [1.165, 1.54) is 24.8 Å². The molecule has 3 heteroatoms. The van der Waals surface area contributed by atoms with Crippen molar-refractivity contribution in [2.45, 2.75) is 71.1 Å². The second-order valence-corrected chi connectivity index (χ2v) is 7.51. The fourth-order valence-corrected chi connectivity index (χ4v) is 3.14. The highest BCUT2D eigenvalue weighted by atomic mass is 32.1. The summed E-state index contributed by atoms with van der Waals surface area (Å²) >= 11 is 1.81. The zero-order valence-corrected chi connectivity index (χ0v) is 13.6. The smallest absolute Gasteiger partial charge is 0.0248 e. The van der Waals surface area contributed by atoms with Crippen LogP contribution in [0.5, 0.6) is 0 Å². The first kappa shape index (κ1) is 15.0. The van der Waals surface area contributed by atoms with Crippen LogP contribution < -0.4 is 5.32 Å². The number of hydrogen-bond acceptors (Lipinski definition) is 3. The lowest BCUT2D eigenvalue weighted by Gasteiger charge is -2.33. The van der Waals surface area contributed by atoms with Crippen molar-refractivity contribution in [1.82, 2.24) is 10.2 Å². The monoisotopic (exact) mass is 280 g/mol. The highest BCUT2D eigenvalue weighted by molar-refractivity contribution is 7.07. The first-order chi connectivity index (χ1) is 8.99. The average Bonchev–Trinajstić information content (AvgIpc) is 3.05. The zero-order valence-electron chi connectivity index (χ0n) is 12.8. The van der Waals surface area contributed by atoms with Crippen LogP contribution in [0.3, 0.4) is 0 Å². The molecule has 0 spiro atoms. The Labute approximate surface area is 122 Å². The van der Waals surface area contributed by atoms with Gasteiger partial charge in [0.1, 0.15) is 0 Å². The number of hydrogen-bond donors (Lipinski definition) is 1. The highest BCUT2D eigenvalue weighted by Gasteiger charge is 2.33. The molecule has 108 valence electrons. The maximum Gasteiger partial charge on any atom is 0.0248 e.